The lowest BCUT2D eigenvalue weighted by molar-refractivity contribution is -0.0498. The standard InChI is InChI=1S/C15H13F2NO2/c1-10-4-2-6-12(8-10)18-14(19)11-5-3-7-13(9-11)20-15(16)17/h2-9,15H,1H3,(H,18,19). The number of carbonyl (C=O) groups is 1. The number of hydrogen-bond acceptors (Lipinski definition) is 2. The van der Waals surface area contributed by atoms with Crippen molar-refractivity contribution in [2.24, 2.45) is 0 Å². The number of carbonyl (C=O) groups excluding carboxylic acids is 1. The molecule has 0 aliphatic carbocycles. The number of alkyl halides is 2. The minimum atomic E-state index is -2.91. The molecule has 2 aromatic rings. The number of aryl methyl sites for hydroxylation is 1. The molecule has 2 aromatic carbocycles. The van der Waals surface area contributed by atoms with Crippen LogP contribution in [0.5, 0.6) is 5.75 Å². The van der Waals surface area contributed by atoms with Crippen molar-refractivity contribution >= 4 is 11.6 Å². The van der Waals surface area contributed by atoms with Gasteiger partial charge in [-0.2, -0.15) is 8.78 Å². The summed E-state index contributed by atoms with van der Waals surface area (Å²) >= 11 is 0. The van der Waals surface area contributed by atoms with Gasteiger partial charge in [-0.05, 0) is 42.8 Å². The van der Waals surface area contributed by atoms with Gasteiger partial charge in [0.1, 0.15) is 5.75 Å². The molecule has 0 heterocycles. The van der Waals surface area contributed by atoms with Gasteiger partial charge in [0.15, 0.2) is 0 Å². The SMILES string of the molecule is Cc1cccc(NC(=O)c2cccc(OC(F)F)c2)c1. The normalized spacial score (nSPS) is 10.4. The first-order valence-corrected chi connectivity index (χ1v) is 5.97. The Morgan fingerprint density at radius 1 is 1.15 bits per heavy atom. The fraction of sp³-hybridized carbons (Fsp3) is 0.133. The van der Waals surface area contributed by atoms with Crippen molar-refractivity contribution in [3.63, 3.8) is 0 Å². The third-order valence-electron chi connectivity index (χ3n) is 2.60. The first kappa shape index (κ1) is 14.0. The second kappa shape index (κ2) is 6.14. The first-order valence-electron chi connectivity index (χ1n) is 5.97. The third kappa shape index (κ3) is 3.78. The van der Waals surface area contributed by atoms with Gasteiger partial charge in [0, 0.05) is 11.3 Å². The molecule has 1 N–H and O–H groups in total. The fourth-order valence-corrected chi connectivity index (χ4v) is 1.74. The summed E-state index contributed by atoms with van der Waals surface area (Å²) in [5.74, 6) is -0.424. The number of amides is 1. The molecule has 0 aliphatic rings. The number of halogens is 2. The van der Waals surface area contributed by atoms with E-state index in [1.54, 1.807) is 6.07 Å². The summed E-state index contributed by atoms with van der Waals surface area (Å²) in [6.07, 6.45) is 0. The van der Waals surface area contributed by atoms with Gasteiger partial charge < -0.3 is 10.1 Å². The number of ether oxygens (including phenoxy) is 1. The highest BCUT2D eigenvalue weighted by Gasteiger charge is 2.09. The lowest BCUT2D eigenvalue weighted by atomic mass is 10.2. The molecular formula is C15H13F2NO2. The molecule has 20 heavy (non-hydrogen) atoms. The number of hydrogen-bond donors (Lipinski definition) is 1. The van der Waals surface area contributed by atoms with Gasteiger partial charge in [-0.15, -0.1) is 0 Å². The molecule has 2 rings (SSSR count). The van der Waals surface area contributed by atoms with E-state index in [1.807, 2.05) is 25.1 Å². The predicted octanol–water partition coefficient (Wildman–Crippen LogP) is 3.85. The summed E-state index contributed by atoms with van der Waals surface area (Å²) in [5.41, 5.74) is 1.91. The average molecular weight is 277 g/mol. The Morgan fingerprint density at radius 2 is 1.90 bits per heavy atom. The van der Waals surface area contributed by atoms with Crippen LogP contribution in [0.25, 0.3) is 0 Å². The molecule has 0 saturated carbocycles. The Balaban J connectivity index is 2.13. The summed E-state index contributed by atoms with van der Waals surface area (Å²) in [5, 5.41) is 2.70. The highest BCUT2D eigenvalue weighted by Crippen LogP contribution is 2.17. The Morgan fingerprint density at radius 3 is 2.60 bits per heavy atom. The van der Waals surface area contributed by atoms with Gasteiger partial charge in [-0.1, -0.05) is 18.2 Å². The van der Waals surface area contributed by atoms with Crippen molar-refractivity contribution in [3.05, 3.63) is 59.7 Å². The zero-order valence-corrected chi connectivity index (χ0v) is 10.8. The van der Waals surface area contributed by atoms with Crippen molar-refractivity contribution < 1.29 is 18.3 Å². The van der Waals surface area contributed by atoms with Crippen molar-refractivity contribution in [2.45, 2.75) is 13.5 Å². The van der Waals surface area contributed by atoms with Crippen LogP contribution in [0.1, 0.15) is 15.9 Å². The van der Waals surface area contributed by atoms with E-state index >= 15 is 0 Å². The third-order valence-corrected chi connectivity index (χ3v) is 2.60. The highest BCUT2D eigenvalue weighted by atomic mass is 19.3. The topological polar surface area (TPSA) is 38.3 Å². The minimum Gasteiger partial charge on any atom is -0.435 e. The molecule has 1 amide bonds. The van der Waals surface area contributed by atoms with Gasteiger partial charge in [0.25, 0.3) is 5.91 Å². The van der Waals surface area contributed by atoms with Crippen molar-refractivity contribution in [3.8, 4) is 5.75 Å². The zero-order valence-electron chi connectivity index (χ0n) is 10.8. The van der Waals surface area contributed by atoms with E-state index in [-0.39, 0.29) is 17.2 Å². The molecule has 5 heteroatoms. The zero-order chi connectivity index (χ0) is 14.5. The first-order chi connectivity index (χ1) is 9.54. The summed E-state index contributed by atoms with van der Waals surface area (Å²) < 4.78 is 28.5. The molecule has 0 saturated heterocycles. The lowest BCUT2D eigenvalue weighted by Crippen LogP contribution is -2.12. The monoisotopic (exact) mass is 277 g/mol. The molecule has 3 nitrogen and oxygen atoms in total. The highest BCUT2D eigenvalue weighted by molar-refractivity contribution is 6.04. The maximum Gasteiger partial charge on any atom is 0.387 e. The van der Waals surface area contributed by atoms with Crippen molar-refractivity contribution in [1.82, 2.24) is 0 Å². The van der Waals surface area contributed by atoms with Crippen LogP contribution in [0.4, 0.5) is 14.5 Å². The number of benzene rings is 2. The van der Waals surface area contributed by atoms with Gasteiger partial charge in [-0.25, -0.2) is 0 Å². The van der Waals surface area contributed by atoms with Crippen molar-refractivity contribution in [1.29, 1.82) is 0 Å². The number of nitrogens with one attached hydrogen (secondary N) is 1. The van der Waals surface area contributed by atoms with Crippen LogP contribution in [0.3, 0.4) is 0 Å². The maximum absolute atomic E-state index is 12.1. The Hall–Kier alpha value is -2.43. The second-order valence-corrected chi connectivity index (χ2v) is 4.23. The Bertz CT molecular complexity index is 614. The number of rotatable bonds is 4. The van der Waals surface area contributed by atoms with E-state index < -0.39 is 6.61 Å². The van der Waals surface area contributed by atoms with Gasteiger partial charge >= 0.3 is 6.61 Å². The Kier molecular flexibility index (Phi) is 4.30. The smallest absolute Gasteiger partial charge is 0.387 e. The van der Waals surface area contributed by atoms with Crippen LogP contribution in [0.2, 0.25) is 0 Å². The van der Waals surface area contributed by atoms with Gasteiger partial charge in [0.2, 0.25) is 0 Å². The largest absolute Gasteiger partial charge is 0.435 e. The molecule has 0 bridgehead atoms. The molecule has 0 spiro atoms. The van der Waals surface area contributed by atoms with Crippen LogP contribution in [-0.4, -0.2) is 12.5 Å². The second-order valence-electron chi connectivity index (χ2n) is 4.23. The molecular weight excluding hydrogens is 264 g/mol. The Labute approximate surface area is 115 Å². The predicted molar refractivity (Wildman–Crippen MR) is 72.2 cm³/mol. The average Bonchev–Trinajstić information content (AvgIpc) is 2.38. The van der Waals surface area contributed by atoms with Crippen LogP contribution in [0, 0.1) is 6.92 Å². The van der Waals surface area contributed by atoms with E-state index in [1.165, 1.54) is 24.3 Å². The fourth-order valence-electron chi connectivity index (χ4n) is 1.74. The van der Waals surface area contributed by atoms with E-state index in [0.29, 0.717) is 5.69 Å². The molecule has 0 radical (unpaired) electrons. The quantitative estimate of drug-likeness (QED) is 0.921. The molecule has 0 atom stereocenters. The summed E-state index contributed by atoms with van der Waals surface area (Å²) in [6, 6.07) is 13.0. The van der Waals surface area contributed by atoms with Gasteiger partial charge in [-0.3, -0.25) is 4.79 Å². The summed E-state index contributed by atoms with van der Waals surface area (Å²) in [4.78, 5) is 12.0. The number of anilines is 1. The van der Waals surface area contributed by atoms with Crippen LogP contribution in [-0.2, 0) is 0 Å². The molecule has 0 aliphatic heterocycles. The molecule has 0 unspecified atom stereocenters. The van der Waals surface area contributed by atoms with E-state index in [9.17, 15) is 13.6 Å². The lowest BCUT2D eigenvalue weighted by Gasteiger charge is -2.08. The minimum absolute atomic E-state index is 0.0445. The summed E-state index contributed by atoms with van der Waals surface area (Å²) in [7, 11) is 0. The van der Waals surface area contributed by atoms with E-state index in [4.69, 9.17) is 0 Å². The molecule has 0 aromatic heterocycles. The van der Waals surface area contributed by atoms with Crippen molar-refractivity contribution in [2.75, 3.05) is 5.32 Å². The van der Waals surface area contributed by atoms with Gasteiger partial charge in [0.05, 0.1) is 0 Å². The molecule has 0 fully saturated rings. The van der Waals surface area contributed by atoms with E-state index in [2.05, 4.69) is 10.1 Å². The maximum atomic E-state index is 12.1. The van der Waals surface area contributed by atoms with E-state index in [0.717, 1.165) is 5.56 Å². The summed E-state index contributed by atoms with van der Waals surface area (Å²) in [6.45, 7) is -1.00. The van der Waals surface area contributed by atoms with Crippen LogP contribution >= 0.6 is 0 Å². The van der Waals surface area contributed by atoms with Crippen LogP contribution < -0.4 is 10.1 Å². The molecule has 104 valence electrons. The van der Waals surface area contributed by atoms with Crippen LogP contribution in [0.15, 0.2) is 48.5 Å².